The molecule has 0 radical (unpaired) electrons. The largest absolute Gasteiger partial charge is 0.352 e. The number of rotatable bonds is 2. The Morgan fingerprint density at radius 2 is 2.33 bits per heavy atom. The number of hydrogen-bond donors (Lipinski definition) is 1. The van der Waals surface area contributed by atoms with Crippen LogP contribution < -0.4 is 10.2 Å². The van der Waals surface area contributed by atoms with E-state index in [0.717, 1.165) is 43.0 Å². The summed E-state index contributed by atoms with van der Waals surface area (Å²) >= 11 is 0. The van der Waals surface area contributed by atoms with Crippen molar-refractivity contribution in [2.24, 2.45) is 7.05 Å². The van der Waals surface area contributed by atoms with Crippen LogP contribution in [0, 0.1) is 0 Å². The SMILES string of the molecule is CCCc1nn(C)c2c1NC(=O)CC1CCCN21. The molecule has 1 atom stereocenters. The molecule has 0 spiro atoms. The smallest absolute Gasteiger partial charge is 0.226 e. The molecule has 0 saturated carbocycles. The van der Waals surface area contributed by atoms with Gasteiger partial charge in [0.05, 0.1) is 5.69 Å². The molecule has 1 fully saturated rings. The Balaban J connectivity index is 2.08. The molecule has 18 heavy (non-hydrogen) atoms. The van der Waals surface area contributed by atoms with Crippen molar-refractivity contribution >= 4 is 17.4 Å². The summed E-state index contributed by atoms with van der Waals surface area (Å²) < 4.78 is 1.93. The van der Waals surface area contributed by atoms with Gasteiger partial charge in [0, 0.05) is 26.1 Å². The molecule has 1 aromatic heterocycles. The number of carbonyl (C=O) groups excluding carboxylic acids is 1. The van der Waals surface area contributed by atoms with Crippen molar-refractivity contribution in [2.45, 2.75) is 45.1 Å². The minimum absolute atomic E-state index is 0.135. The highest BCUT2D eigenvalue weighted by Gasteiger charge is 2.35. The summed E-state index contributed by atoms with van der Waals surface area (Å²) in [6, 6.07) is 0.358. The van der Waals surface area contributed by atoms with E-state index in [0.29, 0.717) is 12.5 Å². The number of anilines is 2. The van der Waals surface area contributed by atoms with E-state index in [1.165, 1.54) is 6.42 Å². The van der Waals surface area contributed by atoms with E-state index in [-0.39, 0.29) is 5.91 Å². The van der Waals surface area contributed by atoms with Crippen LogP contribution in [-0.4, -0.2) is 28.3 Å². The van der Waals surface area contributed by atoms with Crippen LogP contribution in [0.15, 0.2) is 0 Å². The molecule has 0 bridgehead atoms. The van der Waals surface area contributed by atoms with Crippen LogP contribution >= 0.6 is 0 Å². The molecule has 1 N–H and O–H groups in total. The van der Waals surface area contributed by atoms with Crippen molar-refractivity contribution in [3.63, 3.8) is 0 Å². The van der Waals surface area contributed by atoms with Gasteiger partial charge in [-0.25, -0.2) is 0 Å². The number of carbonyl (C=O) groups is 1. The average molecular weight is 248 g/mol. The van der Waals surface area contributed by atoms with E-state index < -0.39 is 0 Å². The van der Waals surface area contributed by atoms with Gasteiger partial charge >= 0.3 is 0 Å². The van der Waals surface area contributed by atoms with Gasteiger partial charge in [-0.05, 0) is 19.3 Å². The van der Waals surface area contributed by atoms with Crippen molar-refractivity contribution in [3.8, 4) is 0 Å². The minimum atomic E-state index is 0.135. The zero-order valence-electron chi connectivity index (χ0n) is 11.1. The van der Waals surface area contributed by atoms with Crippen molar-refractivity contribution in [1.82, 2.24) is 9.78 Å². The Kier molecular flexibility index (Phi) is 2.76. The minimum Gasteiger partial charge on any atom is -0.352 e. The highest BCUT2D eigenvalue weighted by atomic mass is 16.1. The number of nitrogens with zero attached hydrogens (tertiary/aromatic N) is 3. The molecular weight excluding hydrogens is 228 g/mol. The second kappa shape index (κ2) is 4.30. The highest BCUT2D eigenvalue weighted by molar-refractivity contribution is 5.97. The molecule has 1 unspecified atom stereocenters. The number of nitrogens with one attached hydrogen (secondary N) is 1. The second-order valence-electron chi connectivity index (χ2n) is 5.26. The number of amides is 1. The lowest BCUT2D eigenvalue weighted by atomic mass is 10.1. The normalized spacial score (nSPS) is 22.4. The Morgan fingerprint density at radius 1 is 1.50 bits per heavy atom. The Labute approximate surface area is 107 Å². The maximum absolute atomic E-state index is 12.0. The highest BCUT2D eigenvalue weighted by Crippen LogP contribution is 2.38. The Morgan fingerprint density at radius 3 is 3.11 bits per heavy atom. The number of aromatic nitrogens is 2. The van der Waals surface area contributed by atoms with Crippen LogP contribution in [0.3, 0.4) is 0 Å². The van der Waals surface area contributed by atoms with Crippen molar-refractivity contribution < 1.29 is 4.79 Å². The molecule has 3 heterocycles. The third-order valence-corrected chi connectivity index (χ3v) is 3.91. The zero-order valence-corrected chi connectivity index (χ0v) is 11.1. The van der Waals surface area contributed by atoms with Crippen molar-refractivity contribution in [2.75, 3.05) is 16.8 Å². The van der Waals surface area contributed by atoms with Gasteiger partial charge < -0.3 is 10.2 Å². The van der Waals surface area contributed by atoms with Gasteiger partial charge in [0.2, 0.25) is 5.91 Å². The van der Waals surface area contributed by atoms with Crippen LogP contribution in [0.1, 0.15) is 38.3 Å². The Hall–Kier alpha value is -1.52. The second-order valence-corrected chi connectivity index (χ2v) is 5.26. The van der Waals surface area contributed by atoms with E-state index in [9.17, 15) is 4.79 Å². The summed E-state index contributed by atoms with van der Waals surface area (Å²) in [7, 11) is 1.98. The first-order valence-electron chi connectivity index (χ1n) is 6.83. The number of aryl methyl sites for hydroxylation is 2. The Bertz CT molecular complexity index is 480. The summed E-state index contributed by atoms with van der Waals surface area (Å²) in [4.78, 5) is 14.3. The summed E-state index contributed by atoms with van der Waals surface area (Å²) in [6.45, 7) is 3.18. The lowest BCUT2D eigenvalue weighted by Gasteiger charge is -2.23. The van der Waals surface area contributed by atoms with Crippen LogP contribution in [-0.2, 0) is 18.3 Å². The molecule has 1 amide bonds. The fourth-order valence-electron chi connectivity index (χ4n) is 3.17. The molecule has 2 aliphatic heterocycles. The van der Waals surface area contributed by atoms with Crippen LogP contribution in [0.25, 0.3) is 0 Å². The van der Waals surface area contributed by atoms with E-state index in [1.807, 2.05) is 11.7 Å². The molecule has 0 aliphatic carbocycles. The molecule has 1 saturated heterocycles. The lowest BCUT2D eigenvalue weighted by Crippen LogP contribution is -2.31. The van der Waals surface area contributed by atoms with Crippen LogP contribution in [0.2, 0.25) is 0 Å². The first kappa shape index (κ1) is 11.6. The van der Waals surface area contributed by atoms with Gasteiger partial charge in [-0.15, -0.1) is 0 Å². The molecule has 5 heteroatoms. The van der Waals surface area contributed by atoms with Gasteiger partial charge in [0.1, 0.15) is 5.69 Å². The van der Waals surface area contributed by atoms with Crippen LogP contribution in [0.4, 0.5) is 11.5 Å². The third-order valence-electron chi connectivity index (χ3n) is 3.91. The van der Waals surface area contributed by atoms with Crippen LogP contribution in [0.5, 0.6) is 0 Å². The predicted octanol–water partition coefficient (Wildman–Crippen LogP) is 1.68. The monoisotopic (exact) mass is 248 g/mol. The standard InChI is InChI=1S/C13H20N4O/c1-3-5-10-12-13(16(2)15-10)17-7-4-6-9(17)8-11(18)14-12/h9H,3-8H2,1-2H3,(H,14,18). The van der Waals surface area contributed by atoms with E-state index in [1.54, 1.807) is 0 Å². The maximum Gasteiger partial charge on any atom is 0.226 e. The number of hydrogen-bond acceptors (Lipinski definition) is 3. The van der Waals surface area contributed by atoms with Gasteiger partial charge in [0.15, 0.2) is 5.82 Å². The lowest BCUT2D eigenvalue weighted by molar-refractivity contribution is -0.116. The topological polar surface area (TPSA) is 50.2 Å². The van der Waals surface area contributed by atoms with Gasteiger partial charge in [-0.3, -0.25) is 9.48 Å². The molecule has 0 aromatic carbocycles. The van der Waals surface area contributed by atoms with E-state index in [2.05, 4.69) is 22.2 Å². The van der Waals surface area contributed by atoms with Crippen molar-refractivity contribution in [3.05, 3.63) is 5.69 Å². The fraction of sp³-hybridized carbons (Fsp3) is 0.692. The quantitative estimate of drug-likeness (QED) is 0.866. The van der Waals surface area contributed by atoms with Gasteiger partial charge in [0.25, 0.3) is 0 Å². The summed E-state index contributed by atoms with van der Waals surface area (Å²) in [6.07, 6.45) is 4.86. The van der Waals surface area contributed by atoms with E-state index >= 15 is 0 Å². The fourth-order valence-corrected chi connectivity index (χ4v) is 3.17. The predicted molar refractivity (Wildman–Crippen MR) is 70.8 cm³/mol. The summed E-state index contributed by atoms with van der Waals surface area (Å²) in [5.74, 6) is 1.24. The number of fused-ring (bicyclic) bond motifs is 3. The first-order chi connectivity index (χ1) is 8.70. The molecule has 1 aromatic rings. The maximum atomic E-state index is 12.0. The zero-order chi connectivity index (χ0) is 12.7. The first-order valence-corrected chi connectivity index (χ1v) is 6.83. The summed E-state index contributed by atoms with van der Waals surface area (Å²) in [5.41, 5.74) is 1.98. The third kappa shape index (κ3) is 1.69. The molecule has 2 aliphatic rings. The molecule has 3 rings (SSSR count). The molecule has 5 nitrogen and oxygen atoms in total. The van der Waals surface area contributed by atoms with Crippen molar-refractivity contribution in [1.29, 1.82) is 0 Å². The van der Waals surface area contributed by atoms with Gasteiger partial charge in [-0.1, -0.05) is 13.3 Å². The summed E-state index contributed by atoms with van der Waals surface area (Å²) in [5, 5.41) is 7.64. The van der Waals surface area contributed by atoms with E-state index in [4.69, 9.17) is 0 Å². The average Bonchev–Trinajstić information content (AvgIpc) is 2.82. The molecule has 98 valence electrons. The van der Waals surface area contributed by atoms with Gasteiger partial charge in [-0.2, -0.15) is 5.10 Å². The molecular formula is C13H20N4O.